The average Bonchev–Trinajstić information content (AvgIpc) is 3.54. The minimum Gasteiger partial charge on any atom is -0.384 e. The van der Waals surface area contributed by atoms with Gasteiger partial charge < -0.3 is 21.7 Å². The number of nitrogens with two attached hydrogens (primary N) is 2. The number of nitrogens with one attached hydrogen (secondary N) is 3. The van der Waals surface area contributed by atoms with Crippen molar-refractivity contribution in [2.45, 2.75) is 79.1 Å². The first kappa shape index (κ1) is 24.2. The van der Waals surface area contributed by atoms with Crippen molar-refractivity contribution in [3.05, 3.63) is 29.3 Å². The molecule has 5 unspecified atom stereocenters. The van der Waals surface area contributed by atoms with E-state index < -0.39 is 0 Å². The molecule has 0 bridgehead atoms. The lowest BCUT2D eigenvalue weighted by Gasteiger charge is -2.34. The Labute approximate surface area is 210 Å². The molecule has 1 aromatic carbocycles. The average molecular weight is 507 g/mol. The van der Waals surface area contributed by atoms with E-state index in [1.54, 1.807) is 11.8 Å². The van der Waals surface area contributed by atoms with Gasteiger partial charge in [-0.15, -0.1) is 23.4 Å². The number of benzene rings is 1. The van der Waals surface area contributed by atoms with Gasteiger partial charge >= 0.3 is 0 Å². The van der Waals surface area contributed by atoms with Gasteiger partial charge in [-0.1, -0.05) is 12.1 Å². The smallest absolute Gasteiger partial charge is 0.243 e. The van der Waals surface area contributed by atoms with Gasteiger partial charge in [0.1, 0.15) is 11.9 Å². The van der Waals surface area contributed by atoms with Gasteiger partial charge in [-0.05, 0) is 50.2 Å². The Morgan fingerprint density at radius 2 is 2.06 bits per heavy atom. The molecule has 186 valence electrons. The molecule has 34 heavy (non-hydrogen) atoms. The van der Waals surface area contributed by atoms with E-state index in [1.165, 1.54) is 0 Å². The van der Waals surface area contributed by atoms with Gasteiger partial charge in [-0.25, -0.2) is 5.48 Å². The van der Waals surface area contributed by atoms with Gasteiger partial charge in [-0.3, -0.25) is 15.0 Å². The Morgan fingerprint density at radius 1 is 1.26 bits per heavy atom. The van der Waals surface area contributed by atoms with Crippen LogP contribution in [0.15, 0.2) is 18.2 Å². The normalized spacial score (nSPS) is 35.4. The molecule has 0 spiro atoms. The zero-order chi connectivity index (χ0) is 23.8. The summed E-state index contributed by atoms with van der Waals surface area (Å²) in [5.74, 6) is 0.336. The van der Waals surface area contributed by atoms with Crippen LogP contribution < -0.4 is 27.2 Å². The van der Waals surface area contributed by atoms with Crippen molar-refractivity contribution in [2.75, 3.05) is 18.0 Å². The number of halogens is 1. The molecule has 1 aliphatic carbocycles. The molecule has 5 atom stereocenters. The first-order valence-electron chi connectivity index (χ1n) is 12.4. The number of fused-ring (bicyclic) bond motifs is 1. The fraction of sp³-hybridized carbons (Fsp3) is 0.667. The summed E-state index contributed by atoms with van der Waals surface area (Å²) in [5, 5.41) is 11.6. The zero-order valence-corrected chi connectivity index (χ0v) is 20.9. The molecule has 0 radical (unpaired) electrons. The van der Waals surface area contributed by atoms with E-state index in [2.05, 4.69) is 15.7 Å². The van der Waals surface area contributed by atoms with Crippen LogP contribution in [-0.2, 0) is 16.1 Å². The van der Waals surface area contributed by atoms with E-state index in [4.69, 9.17) is 33.3 Å². The Balaban J connectivity index is 1.36. The molecule has 3 aliphatic heterocycles. The lowest BCUT2D eigenvalue weighted by atomic mass is 9.91. The van der Waals surface area contributed by atoms with Crippen LogP contribution in [-0.4, -0.2) is 59.0 Å². The number of thioether (sulfide) groups is 1. The fourth-order valence-corrected chi connectivity index (χ4v) is 7.68. The summed E-state index contributed by atoms with van der Waals surface area (Å²) in [6.45, 7) is 1.44. The summed E-state index contributed by atoms with van der Waals surface area (Å²) in [6.07, 6.45) is 6.51. The summed E-state index contributed by atoms with van der Waals surface area (Å²) in [5.41, 5.74) is 17.8. The second-order valence-electron chi connectivity index (χ2n) is 10.1. The number of hydroxylamine groups is 1. The maximum Gasteiger partial charge on any atom is 0.243 e. The predicted molar refractivity (Wildman–Crippen MR) is 137 cm³/mol. The van der Waals surface area contributed by atoms with Crippen molar-refractivity contribution in [1.82, 2.24) is 10.8 Å². The topological polar surface area (TPSA) is 129 Å². The second kappa shape index (κ2) is 10.2. The highest BCUT2D eigenvalue weighted by Gasteiger charge is 2.43. The monoisotopic (exact) mass is 506 g/mol. The molecule has 5 rings (SSSR count). The summed E-state index contributed by atoms with van der Waals surface area (Å²) < 4.78 is 0.141. The van der Waals surface area contributed by atoms with Gasteiger partial charge in [0.05, 0.1) is 10.8 Å². The van der Waals surface area contributed by atoms with E-state index in [-0.39, 0.29) is 46.6 Å². The van der Waals surface area contributed by atoms with Crippen LogP contribution in [0.5, 0.6) is 0 Å². The SMILES string of the molecule is N=C(N)c1ccc2c(c1)N(CC1CNOC1C1CCC(Cl)S1)C(C(=O)N[C@H]1CC[C@H](N)CC1)C2. The number of amidine groups is 1. The molecule has 10 heteroatoms. The number of nitrogens with zero attached hydrogens (tertiary/aromatic N) is 1. The number of rotatable bonds is 6. The van der Waals surface area contributed by atoms with Crippen molar-refractivity contribution in [3.8, 4) is 0 Å². The van der Waals surface area contributed by atoms with Crippen molar-refractivity contribution in [1.29, 1.82) is 5.41 Å². The van der Waals surface area contributed by atoms with Crippen molar-refractivity contribution in [3.63, 3.8) is 0 Å². The largest absolute Gasteiger partial charge is 0.384 e. The van der Waals surface area contributed by atoms with Crippen molar-refractivity contribution < 1.29 is 9.63 Å². The Kier molecular flexibility index (Phi) is 7.27. The Hall–Kier alpha value is -1.52. The summed E-state index contributed by atoms with van der Waals surface area (Å²) in [6, 6.07) is 6.00. The second-order valence-corrected chi connectivity index (χ2v) is 12.3. The summed E-state index contributed by atoms with van der Waals surface area (Å²) in [7, 11) is 0. The molecule has 2 saturated heterocycles. The lowest BCUT2D eigenvalue weighted by Crippen LogP contribution is -2.52. The highest BCUT2D eigenvalue weighted by molar-refractivity contribution is 8.01. The number of amides is 1. The van der Waals surface area contributed by atoms with Crippen LogP contribution in [0.4, 0.5) is 5.69 Å². The van der Waals surface area contributed by atoms with E-state index in [0.29, 0.717) is 23.8 Å². The molecule has 1 amide bonds. The Bertz CT molecular complexity index is 927. The molecular weight excluding hydrogens is 472 g/mol. The number of nitrogen functional groups attached to an aromatic ring is 1. The van der Waals surface area contributed by atoms with Gasteiger partial charge in [0.15, 0.2) is 0 Å². The lowest BCUT2D eigenvalue weighted by molar-refractivity contribution is -0.123. The van der Waals surface area contributed by atoms with Gasteiger partial charge in [-0.2, -0.15) is 0 Å². The molecule has 7 N–H and O–H groups in total. The number of alkyl halides is 1. The molecule has 3 heterocycles. The first-order valence-corrected chi connectivity index (χ1v) is 13.7. The van der Waals surface area contributed by atoms with Crippen LogP contribution >= 0.6 is 23.4 Å². The maximum atomic E-state index is 13.5. The first-order chi connectivity index (χ1) is 16.4. The number of hydrogen-bond donors (Lipinski definition) is 5. The highest BCUT2D eigenvalue weighted by atomic mass is 35.5. The summed E-state index contributed by atoms with van der Waals surface area (Å²) in [4.78, 5) is 21.7. The standard InChI is InChI=1S/C24H35ClN6O2S/c25-21-8-7-20(34-21)22-15(11-29-33-22)12-31-18-10-14(23(27)28)2-1-13(18)9-19(31)24(32)30-17-5-3-16(26)4-6-17/h1-2,10,15-17,19-22,29H,3-9,11-12,26H2,(H3,27,28)(H,30,32)/t15?,16-,17-,19?,20?,21?,22?. The zero-order valence-electron chi connectivity index (χ0n) is 19.3. The van der Waals surface area contributed by atoms with Crippen LogP contribution in [0.3, 0.4) is 0 Å². The number of hydrogen-bond acceptors (Lipinski definition) is 7. The number of carbonyl (C=O) groups excluding carboxylic acids is 1. The number of anilines is 1. The fourth-order valence-electron chi connectivity index (χ4n) is 5.81. The van der Waals surface area contributed by atoms with Crippen molar-refractivity contribution in [2.24, 2.45) is 17.4 Å². The highest BCUT2D eigenvalue weighted by Crippen LogP contribution is 2.42. The molecule has 3 fully saturated rings. The minimum absolute atomic E-state index is 0.0356. The Morgan fingerprint density at radius 3 is 2.76 bits per heavy atom. The summed E-state index contributed by atoms with van der Waals surface area (Å²) >= 11 is 8.16. The van der Waals surface area contributed by atoms with Gasteiger partial charge in [0, 0.05) is 54.0 Å². The van der Waals surface area contributed by atoms with Crippen LogP contribution in [0.2, 0.25) is 0 Å². The van der Waals surface area contributed by atoms with Crippen LogP contribution in [0, 0.1) is 11.3 Å². The van der Waals surface area contributed by atoms with E-state index >= 15 is 0 Å². The third-order valence-electron chi connectivity index (χ3n) is 7.74. The van der Waals surface area contributed by atoms with E-state index in [9.17, 15) is 4.79 Å². The quantitative estimate of drug-likeness (QED) is 0.227. The van der Waals surface area contributed by atoms with Gasteiger partial charge in [0.2, 0.25) is 5.91 Å². The number of carbonyl (C=O) groups is 1. The van der Waals surface area contributed by atoms with Crippen LogP contribution in [0.25, 0.3) is 0 Å². The maximum absolute atomic E-state index is 13.5. The van der Waals surface area contributed by atoms with E-state index in [0.717, 1.165) is 56.3 Å². The van der Waals surface area contributed by atoms with Crippen molar-refractivity contribution >= 4 is 40.8 Å². The molecule has 1 saturated carbocycles. The minimum atomic E-state index is -0.286. The molecule has 8 nitrogen and oxygen atoms in total. The van der Waals surface area contributed by atoms with Gasteiger partial charge in [0.25, 0.3) is 0 Å². The molecular formula is C24H35ClN6O2S. The molecule has 1 aromatic rings. The predicted octanol–water partition coefficient (Wildman–Crippen LogP) is 2.07. The van der Waals surface area contributed by atoms with E-state index in [1.807, 2.05) is 18.2 Å². The molecule has 4 aliphatic rings. The third kappa shape index (κ3) is 5.04. The van der Waals surface area contributed by atoms with Crippen LogP contribution in [0.1, 0.15) is 49.7 Å². The molecule has 0 aromatic heterocycles. The third-order valence-corrected chi connectivity index (χ3v) is 9.66.